The van der Waals surface area contributed by atoms with E-state index in [9.17, 15) is 14.3 Å². The minimum Gasteiger partial charge on any atom is -0.396 e. The fourth-order valence-corrected chi connectivity index (χ4v) is 5.43. The number of carbonyl (C=O) groups excluding carboxylic acids is 1. The van der Waals surface area contributed by atoms with Gasteiger partial charge < -0.3 is 9.67 Å². The number of hydrogen-bond donors (Lipinski definition) is 2. The highest BCUT2D eigenvalue weighted by Crippen LogP contribution is 2.37. The number of amides is 1. The van der Waals surface area contributed by atoms with Crippen LogP contribution in [0.4, 0.5) is 10.3 Å². The van der Waals surface area contributed by atoms with Crippen LogP contribution in [0.2, 0.25) is 0 Å². The number of hydrogen-bond acceptors (Lipinski definition) is 4. The standard InChI is InChI=1S/C27H33FN4O2/c28-22-9-7-21(8-10-22)26(34)30-27-29-24-13-6-20(17-31-14-2-1-3-15-31)16-25(24)32(27)23-11-4-19(18-33)5-12-23/h6-10,13,16,19,23,33H,1-5,11-12,14-15,17-18H2,(H,29,30,34). The van der Waals surface area contributed by atoms with E-state index in [-0.39, 0.29) is 24.4 Å². The van der Waals surface area contributed by atoms with E-state index < -0.39 is 0 Å². The molecule has 1 saturated carbocycles. The second-order valence-electron chi connectivity index (χ2n) is 9.78. The van der Waals surface area contributed by atoms with Crippen LogP contribution in [-0.4, -0.2) is 45.2 Å². The van der Waals surface area contributed by atoms with E-state index in [1.807, 2.05) is 0 Å². The zero-order valence-electron chi connectivity index (χ0n) is 19.5. The monoisotopic (exact) mass is 464 g/mol. The summed E-state index contributed by atoms with van der Waals surface area (Å²) in [6, 6.07) is 12.2. The van der Waals surface area contributed by atoms with Crippen LogP contribution in [0.5, 0.6) is 0 Å². The molecule has 34 heavy (non-hydrogen) atoms. The third kappa shape index (κ3) is 5.00. The lowest BCUT2D eigenvalue weighted by Crippen LogP contribution is -2.29. The second-order valence-corrected chi connectivity index (χ2v) is 9.78. The fourth-order valence-electron chi connectivity index (χ4n) is 5.43. The maximum atomic E-state index is 13.3. The van der Waals surface area contributed by atoms with Crippen LogP contribution in [0.3, 0.4) is 0 Å². The van der Waals surface area contributed by atoms with Gasteiger partial charge in [0.15, 0.2) is 0 Å². The number of rotatable bonds is 6. The van der Waals surface area contributed by atoms with Crippen LogP contribution in [0.25, 0.3) is 11.0 Å². The molecule has 1 aliphatic heterocycles. The van der Waals surface area contributed by atoms with Crippen LogP contribution in [0.1, 0.15) is 66.9 Å². The minimum atomic E-state index is -0.370. The topological polar surface area (TPSA) is 70.4 Å². The van der Waals surface area contributed by atoms with Gasteiger partial charge in [0, 0.05) is 24.8 Å². The Kier molecular flexibility index (Phi) is 6.92. The summed E-state index contributed by atoms with van der Waals surface area (Å²) >= 11 is 0. The highest BCUT2D eigenvalue weighted by atomic mass is 19.1. The molecule has 6 nitrogen and oxygen atoms in total. The highest BCUT2D eigenvalue weighted by Gasteiger charge is 2.26. The molecule has 2 heterocycles. The van der Waals surface area contributed by atoms with Crippen molar-refractivity contribution in [3.63, 3.8) is 0 Å². The number of imidazole rings is 1. The first-order chi connectivity index (χ1) is 16.6. The number of carbonyl (C=O) groups is 1. The summed E-state index contributed by atoms with van der Waals surface area (Å²) < 4.78 is 15.5. The van der Waals surface area contributed by atoms with Gasteiger partial charge in [0.05, 0.1) is 11.0 Å². The van der Waals surface area contributed by atoms with Crippen molar-refractivity contribution in [3.05, 3.63) is 59.4 Å². The smallest absolute Gasteiger partial charge is 0.257 e. The number of halogens is 1. The molecule has 1 aliphatic carbocycles. The summed E-state index contributed by atoms with van der Waals surface area (Å²) in [6.45, 7) is 3.43. The molecule has 7 heteroatoms. The zero-order chi connectivity index (χ0) is 23.5. The number of anilines is 1. The van der Waals surface area contributed by atoms with Crippen LogP contribution < -0.4 is 5.32 Å². The molecule has 2 fully saturated rings. The molecule has 2 aliphatic rings. The van der Waals surface area contributed by atoms with Crippen molar-refractivity contribution >= 4 is 22.9 Å². The highest BCUT2D eigenvalue weighted by molar-refractivity contribution is 6.04. The average Bonchev–Trinajstić information content (AvgIpc) is 3.22. The van der Waals surface area contributed by atoms with Crippen LogP contribution >= 0.6 is 0 Å². The normalized spacial score (nSPS) is 21.6. The van der Waals surface area contributed by atoms with E-state index in [4.69, 9.17) is 4.98 Å². The Labute approximate surface area is 199 Å². The molecule has 2 aromatic carbocycles. The molecule has 180 valence electrons. The number of aliphatic hydroxyl groups excluding tert-OH is 1. The van der Waals surface area contributed by atoms with E-state index in [2.05, 4.69) is 33.0 Å². The van der Waals surface area contributed by atoms with Gasteiger partial charge in [-0.25, -0.2) is 9.37 Å². The molecule has 0 bridgehead atoms. The maximum absolute atomic E-state index is 13.3. The Morgan fingerprint density at radius 2 is 1.76 bits per heavy atom. The zero-order valence-corrected chi connectivity index (χ0v) is 19.5. The number of piperidine rings is 1. The first kappa shape index (κ1) is 23.0. The molecule has 2 N–H and O–H groups in total. The van der Waals surface area contributed by atoms with Gasteiger partial charge in [-0.3, -0.25) is 15.0 Å². The van der Waals surface area contributed by atoms with Crippen molar-refractivity contribution in [2.45, 2.75) is 57.5 Å². The molecule has 5 rings (SSSR count). The van der Waals surface area contributed by atoms with E-state index >= 15 is 0 Å². The van der Waals surface area contributed by atoms with E-state index in [1.165, 1.54) is 49.1 Å². The number of benzene rings is 2. The third-order valence-corrected chi connectivity index (χ3v) is 7.38. The van der Waals surface area contributed by atoms with Crippen molar-refractivity contribution in [2.24, 2.45) is 5.92 Å². The summed E-state index contributed by atoms with van der Waals surface area (Å²) in [7, 11) is 0. The van der Waals surface area contributed by atoms with Gasteiger partial charge in [0.2, 0.25) is 5.95 Å². The van der Waals surface area contributed by atoms with E-state index in [1.54, 1.807) is 0 Å². The second kappa shape index (κ2) is 10.2. The summed E-state index contributed by atoms with van der Waals surface area (Å²) in [5.41, 5.74) is 3.56. The molecule has 0 unspecified atom stereocenters. The molecular weight excluding hydrogens is 431 g/mol. The van der Waals surface area contributed by atoms with E-state index in [0.717, 1.165) is 56.4 Å². The molecule has 1 amide bonds. The Morgan fingerprint density at radius 1 is 1.03 bits per heavy atom. The molecule has 0 atom stereocenters. The number of fused-ring (bicyclic) bond motifs is 1. The maximum Gasteiger partial charge on any atom is 0.257 e. The summed E-state index contributed by atoms with van der Waals surface area (Å²) in [6.07, 6.45) is 7.62. The lowest BCUT2D eigenvalue weighted by atomic mass is 9.86. The Balaban J connectivity index is 1.47. The predicted octanol–water partition coefficient (Wildman–Crippen LogP) is 5.14. The van der Waals surface area contributed by atoms with E-state index in [0.29, 0.717) is 17.4 Å². The molecule has 1 saturated heterocycles. The molecular formula is C27H33FN4O2. The van der Waals surface area contributed by atoms with Crippen molar-refractivity contribution in [2.75, 3.05) is 25.0 Å². The van der Waals surface area contributed by atoms with Crippen molar-refractivity contribution in [1.29, 1.82) is 0 Å². The quantitative estimate of drug-likeness (QED) is 0.530. The SMILES string of the molecule is O=C(Nc1nc2ccc(CN3CCCCC3)cc2n1C1CCC(CO)CC1)c1ccc(F)cc1. The summed E-state index contributed by atoms with van der Waals surface area (Å²) in [5, 5.41) is 12.6. The third-order valence-electron chi connectivity index (χ3n) is 7.38. The Morgan fingerprint density at radius 3 is 2.47 bits per heavy atom. The Hall–Kier alpha value is -2.77. The molecule has 0 spiro atoms. The average molecular weight is 465 g/mol. The number of likely N-dealkylation sites (tertiary alicyclic amines) is 1. The minimum absolute atomic E-state index is 0.210. The van der Waals surface area contributed by atoms with Crippen LogP contribution in [0.15, 0.2) is 42.5 Å². The lowest BCUT2D eigenvalue weighted by molar-refractivity contribution is 0.102. The predicted molar refractivity (Wildman–Crippen MR) is 131 cm³/mol. The molecule has 3 aromatic rings. The molecule has 0 radical (unpaired) electrons. The Bertz CT molecular complexity index is 1130. The number of aliphatic hydroxyl groups is 1. The van der Waals surface area contributed by atoms with Crippen LogP contribution in [-0.2, 0) is 6.54 Å². The van der Waals surface area contributed by atoms with Crippen molar-refractivity contribution in [3.8, 4) is 0 Å². The van der Waals surface area contributed by atoms with Gasteiger partial charge >= 0.3 is 0 Å². The van der Waals surface area contributed by atoms with Crippen molar-refractivity contribution < 1.29 is 14.3 Å². The number of nitrogens with one attached hydrogen (secondary N) is 1. The number of nitrogens with zero attached hydrogens (tertiary/aromatic N) is 3. The van der Waals surface area contributed by atoms with Crippen molar-refractivity contribution in [1.82, 2.24) is 14.5 Å². The van der Waals surface area contributed by atoms with Gasteiger partial charge in [-0.2, -0.15) is 0 Å². The first-order valence-electron chi connectivity index (χ1n) is 12.5. The lowest BCUT2D eigenvalue weighted by Gasteiger charge is -2.30. The fraction of sp³-hybridized carbons (Fsp3) is 0.481. The largest absolute Gasteiger partial charge is 0.396 e. The number of aromatic nitrogens is 2. The summed E-state index contributed by atoms with van der Waals surface area (Å²) in [5.74, 6) is 0.213. The van der Waals surface area contributed by atoms with Gasteiger partial charge in [-0.1, -0.05) is 12.5 Å². The van der Waals surface area contributed by atoms with Crippen LogP contribution in [0, 0.1) is 11.7 Å². The summed E-state index contributed by atoms with van der Waals surface area (Å²) in [4.78, 5) is 20.2. The first-order valence-corrected chi connectivity index (χ1v) is 12.5. The van der Waals surface area contributed by atoms with Gasteiger partial charge in [0.25, 0.3) is 5.91 Å². The van der Waals surface area contributed by atoms with Gasteiger partial charge in [-0.05, 0) is 99.5 Å². The van der Waals surface area contributed by atoms with Gasteiger partial charge in [0.1, 0.15) is 5.82 Å². The molecule has 1 aromatic heterocycles. The van der Waals surface area contributed by atoms with Gasteiger partial charge in [-0.15, -0.1) is 0 Å².